The summed E-state index contributed by atoms with van der Waals surface area (Å²) in [5, 5.41) is 4.63. The van der Waals surface area contributed by atoms with Crippen molar-refractivity contribution < 1.29 is 27.4 Å². The van der Waals surface area contributed by atoms with Gasteiger partial charge >= 0.3 is 12.1 Å². The topological polar surface area (TPSA) is 97.0 Å². The minimum Gasteiger partial charge on any atom is -0.461 e. The number of nitrogen functional groups attached to an aromatic ring is 1. The lowest BCUT2D eigenvalue weighted by Crippen LogP contribution is -2.49. The number of fused-ring (bicyclic) bond motifs is 3. The maximum atomic E-state index is 17.4. The van der Waals surface area contributed by atoms with Crippen LogP contribution in [-0.4, -0.2) is 76.1 Å². The number of ether oxygens (including phenoxy) is 2. The van der Waals surface area contributed by atoms with Crippen LogP contribution in [0.1, 0.15) is 71.8 Å². The third-order valence-corrected chi connectivity index (χ3v) is 10.6. The zero-order chi connectivity index (χ0) is 36.2. The fourth-order valence-corrected chi connectivity index (χ4v) is 8.36. The van der Waals surface area contributed by atoms with Crippen molar-refractivity contribution in [3.05, 3.63) is 52.6 Å². The number of halogens is 4. The highest BCUT2D eigenvalue weighted by molar-refractivity contribution is 6.35. The van der Waals surface area contributed by atoms with Gasteiger partial charge in [0.1, 0.15) is 29.7 Å². The van der Waals surface area contributed by atoms with Crippen molar-refractivity contribution in [1.29, 1.82) is 0 Å². The Morgan fingerprint density at radius 2 is 1.86 bits per heavy atom. The van der Waals surface area contributed by atoms with Crippen LogP contribution in [0.2, 0.25) is 5.02 Å². The number of carbonyl (C=O) groups is 1. The molecule has 272 valence electrons. The first-order valence-corrected chi connectivity index (χ1v) is 18.2. The molecule has 13 heteroatoms. The number of anilines is 2. The highest BCUT2D eigenvalue weighted by Gasteiger charge is 2.49. The maximum absolute atomic E-state index is 17.4. The summed E-state index contributed by atoms with van der Waals surface area (Å²) in [4.78, 5) is 25.2. The number of hydrazine groups is 1. The molecule has 2 N–H and O–H groups in total. The molecule has 3 aliphatic heterocycles. The van der Waals surface area contributed by atoms with E-state index in [2.05, 4.69) is 9.88 Å². The number of alkyl halides is 1. The first-order chi connectivity index (χ1) is 24.3. The summed E-state index contributed by atoms with van der Waals surface area (Å²) in [7, 11) is 0. The van der Waals surface area contributed by atoms with Crippen molar-refractivity contribution in [2.75, 3.05) is 43.5 Å². The molecule has 3 aromatic carbocycles. The molecule has 0 saturated carbocycles. The van der Waals surface area contributed by atoms with Gasteiger partial charge in [0.05, 0.1) is 10.6 Å². The van der Waals surface area contributed by atoms with Gasteiger partial charge in [0.15, 0.2) is 11.6 Å². The Balaban J connectivity index is 1.43. The molecule has 0 radical (unpaired) electrons. The van der Waals surface area contributed by atoms with Crippen molar-refractivity contribution in [3.8, 4) is 17.1 Å². The molecule has 1 amide bonds. The molecular weight excluding hydrogens is 681 g/mol. The van der Waals surface area contributed by atoms with Crippen LogP contribution in [0.3, 0.4) is 0 Å². The molecular formula is C38H44ClF3N6O3. The van der Waals surface area contributed by atoms with Crippen molar-refractivity contribution in [2.45, 2.75) is 90.0 Å². The third-order valence-electron chi connectivity index (χ3n) is 10.3. The third kappa shape index (κ3) is 6.61. The van der Waals surface area contributed by atoms with E-state index in [1.165, 1.54) is 11.1 Å². The number of rotatable bonds is 6. The summed E-state index contributed by atoms with van der Waals surface area (Å²) in [6.07, 6.45) is 3.14. The number of hydrogen-bond acceptors (Lipinski definition) is 8. The van der Waals surface area contributed by atoms with Gasteiger partial charge in [0.2, 0.25) is 0 Å². The van der Waals surface area contributed by atoms with E-state index >= 15 is 8.78 Å². The van der Waals surface area contributed by atoms with E-state index < -0.39 is 35.0 Å². The van der Waals surface area contributed by atoms with Crippen molar-refractivity contribution in [1.82, 2.24) is 19.9 Å². The van der Waals surface area contributed by atoms with Gasteiger partial charge in [-0.25, -0.2) is 23.0 Å². The van der Waals surface area contributed by atoms with E-state index in [4.69, 9.17) is 31.8 Å². The van der Waals surface area contributed by atoms with E-state index in [1.807, 2.05) is 6.92 Å². The smallest absolute Gasteiger partial charge is 0.429 e. The van der Waals surface area contributed by atoms with Crippen LogP contribution in [0, 0.1) is 11.6 Å². The Kier molecular flexibility index (Phi) is 9.37. The SMILES string of the molecule is CCc1c(F)ccc2cc(N)cc(-c3c(Cl)cc4c(N5CCCCCN5C(=O)OC(C)(C)C)nc(OC[C@@]56CCCN5C[C@H](F)C6)nc4c3F)c12. The first-order valence-electron chi connectivity index (χ1n) is 17.8. The Hall–Kier alpha value is -4.03. The van der Waals surface area contributed by atoms with E-state index in [0.717, 1.165) is 38.6 Å². The largest absolute Gasteiger partial charge is 0.461 e. The number of nitrogens with zero attached hydrogens (tertiary/aromatic N) is 5. The fraction of sp³-hybridized carbons (Fsp3) is 0.500. The van der Waals surface area contributed by atoms with Crippen LogP contribution in [0.25, 0.3) is 32.8 Å². The Bertz CT molecular complexity index is 2010. The second kappa shape index (κ2) is 13.5. The van der Waals surface area contributed by atoms with Crippen molar-refractivity contribution >= 4 is 50.9 Å². The molecule has 0 unspecified atom stereocenters. The van der Waals surface area contributed by atoms with Crippen LogP contribution in [-0.2, 0) is 11.2 Å². The number of aryl methyl sites for hydroxylation is 1. The van der Waals surface area contributed by atoms with Crippen molar-refractivity contribution in [3.63, 3.8) is 0 Å². The lowest BCUT2D eigenvalue weighted by molar-refractivity contribution is 0.0232. The van der Waals surface area contributed by atoms with Crippen LogP contribution < -0.4 is 15.5 Å². The Morgan fingerprint density at radius 1 is 1.08 bits per heavy atom. The van der Waals surface area contributed by atoms with E-state index in [-0.39, 0.29) is 39.9 Å². The maximum Gasteiger partial charge on any atom is 0.429 e. The summed E-state index contributed by atoms with van der Waals surface area (Å²) in [6, 6.07) is 7.77. The Morgan fingerprint density at radius 3 is 2.63 bits per heavy atom. The second-order valence-corrected chi connectivity index (χ2v) is 15.4. The first kappa shape index (κ1) is 35.4. The predicted molar refractivity (Wildman–Crippen MR) is 194 cm³/mol. The minimum absolute atomic E-state index is 0.00820. The number of carbonyl (C=O) groups excluding carboxylic acids is 1. The fourth-order valence-electron chi connectivity index (χ4n) is 8.06. The molecule has 4 aromatic rings. The van der Waals surface area contributed by atoms with Crippen LogP contribution in [0.4, 0.5) is 29.5 Å². The average Bonchev–Trinajstić information content (AvgIpc) is 3.46. The van der Waals surface area contributed by atoms with Gasteiger partial charge in [0, 0.05) is 42.7 Å². The summed E-state index contributed by atoms with van der Waals surface area (Å²) in [5.74, 6) is -0.962. The monoisotopic (exact) mass is 724 g/mol. The molecule has 51 heavy (non-hydrogen) atoms. The molecule has 9 nitrogen and oxygen atoms in total. The highest BCUT2D eigenvalue weighted by Crippen LogP contribution is 2.45. The molecule has 1 aromatic heterocycles. The second-order valence-electron chi connectivity index (χ2n) is 15.0. The van der Waals surface area contributed by atoms with Gasteiger partial charge in [-0.15, -0.1) is 0 Å². The normalized spacial score (nSPS) is 21.4. The van der Waals surface area contributed by atoms with Crippen LogP contribution in [0.15, 0.2) is 30.3 Å². The number of hydrogen-bond donors (Lipinski definition) is 1. The molecule has 3 aliphatic rings. The molecule has 3 saturated heterocycles. The van der Waals surface area contributed by atoms with Gasteiger partial charge < -0.3 is 15.2 Å². The highest BCUT2D eigenvalue weighted by atomic mass is 35.5. The summed E-state index contributed by atoms with van der Waals surface area (Å²) < 4.78 is 59.3. The lowest BCUT2D eigenvalue weighted by atomic mass is 9.91. The molecule has 4 heterocycles. The number of nitrogens with two attached hydrogens (primary N) is 1. The average molecular weight is 725 g/mol. The number of benzene rings is 3. The Labute approximate surface area is 300 Å². The van der Waals surface area contributed by atoms with Gasteiger partial charge in [-0.3, -0.25) is 9.91 Å². The molecule has 3 fully saturated rings. The number of amides is 1. The lowest BCUT2D eigenvalue weighted by Gasteiger charge is -2.36. The summed E-state index contributed by atoms with van der Waals surface area (Å²) in [5.41, 5.74) is 6.05. The predicted octanol–water partition coefficient (Wildman–Crippen LogP) is 8.62. The van der Waals surface area contributed by atoms with E-state index in [1.54, 1.807) is 50.0 Å². The van der Waals surface area contributed by atoms with Gasteiger partial charge in [-0.05, 0) is 112 Å². The standard InChI is InChI=1S/C38H44ClF3N6O3/c1-5-25-29(41)11-10-22-16-24(43)17-26(30(22)25)31-28(39)18-27-33(32(31)42)44-35(50-21-38-12-9-13-46(38)20-23(40)19-38)45-34(27)47-14-7-6-8-15-48(47)36(49)51-37(2,3)4/h10-11,16-18,23H,5-9,12-15,19-21,43H2,1-4H3/t23-,38+/m1/s1. The molecule has 0 bridgehead atoms. The quantitative estimate of drug-likeness (QED) is 0.198. The van der Waals surface area contributed by atoms with E-state index in [0.29, 0.717) is 60.1 Å². The zero-order valence-electron chi connectivity index (χ0n) is 29.5. The summed E-state index contributed by atoms with van der Waals surface area (Å²) >= 11 is 6.99. The van der Waals surface area contributed by atoms with Crippen molar-refractivity contribution in [2.24, 2.45) is 0 Å². The van der Waals surface area contributed by atoms with Crippen LogP contribution in [0.5, 0.6) is 6.01 Å². The molecule has 0 spiro atoms. The van der Waals surface area contributed by atoms with Gasteiger partial charge in [0.25, 0.3) is 0 Å². The molecule has 0 aliphatic carbocycles. The van der Waals surface area contributed by atoms with Gasteiger partial charge in [-0.2, -0.15) is 9.97 Å². The van der Waals surface area contributed by atoms with Crippen LogP contribution >= 0.6 is 11.6 Å². The van der Waals surface area contributed by atoms with E-state index in [9.17, 15) is 9.18 Å². The minimum atomic E-state index is -0.963. The van der Waals surface area contributed by atoms with Gasteiger partial charge in [-0.1, -0.05) is 24.6 Å². The summed E-state index contributed by atoms with van der Waals surface area (Å²) in [6.45, 7) is 9.18. The molecule has 2 atom stereocenters. The molecule has 7 rings (SSSR count). The zero-order valence-corrected chi connectivity index (χ0v) is 30.3. The number of aromatic nitrogens is 2.